The molecule has 0 heterocycles. The van der Waals surface area contributed by atoms with E-state index < -0.39 is 0 Å². The molecule has 1 aliphatic rings. The lowest BCUT2D eigenvalue weighted by Crippen LogP contribution is -2.35. The van der Waals surface area contributed by atoms with Crippen LogP contribution in [0.4, 0.5) is 0 Å². The Hall–Kier alpha value is -1.06. The van der Waals surface area contributed by atoms with Crippen molar-refractivity contribution in [3.8, 4) is 0 Å². The van der Waals surface area contributed by atoms with E-state index in [1.165, 1.54) is 7.11 Å². The highest BCUT2D eigenvalue weighted by Crippen LogP contribution is 2.51. The van der Waals surface area contributed by atoms with Crippen LogP contribution in [0.15, 0.2) is 0 Å². The summed E-state index contributed by atoms with van der Waals surface area (Å²) in [6, 6.07) is 0.0594. The molecule has 13 heavy (non-hydrogen) atoms. The molecule has 1 aliphatic carbocycles. The molecule has 74 valence electrons. The van der Waals surface area contributed by atoms with Crippen molar-refractivity contribution in [2.45, 2.75) is 32.2 Å². The number of methoxy groups -OCH3 is 1. The molecule has 1 atom stereocenters. The SMILES string of the molecule is COC(=O)CC1(C(C)NC=O)CC1. The van der Waals surface area contributed by atoms with E-state index in [9.17, 15) is 9.59 Å². The van der Waals surface area contributed by atoms with E-state index in [2.05, 4.69) is 10.1 Å². The molecular formula is C9H15NO3. The van der Waals surface area contributed by atoms with E-state index in [1.807, 2.05) is 6.92 Å². The van der Waals surface area contributed by atoms with Gasteiger partial charge in [0.2, 0.25) is 6.41 Å². The number of nitrogens with one attached hydrogen (secondary N) is 1. The monoisotopic (exact) mass is 185 g/mol. The second-order valence-electron chi connectivity index (χ2n) is 3.62. The highest BCUT2D eigenvalue weighted by molar-refractivity contribution is 5.71. The third-order valence-electron chi connectivity index (χ3n) is 2.85. The van der Waals surface area contributed by atoms with Gasteiger partial charge in [0.1, 0.15) is 0 Å². The van der Waals surface area contributed by atoms with Crippen LogP contribution in [0.1, 0.15) is 26.2 Å². The zero-order valence-electron chi connectivity index (χ0n) is 8.00. The van der Waals surface area contributed by atoms with Crippen molar-refractivity contribution in [1.82, 2.24) is 5.32 Å². The predicted molar refractivity (Wildman–Crippen MR) is 47.0 cm³/mol. The summed E-state index contributed by atoms with van der Waals surface area (Å²) >= 11 is 0. The Labute approximate surface area is 77.6 Å². The van der Waals surface area contributed by atoms with Crippen LogP contribution in [-0.4, -0.2) is 25.5 Å². The first kappa shape index (κ1) is 10.0. The zero-order valence-corrected chi connectivity index (χ0v) is 8.00. The molecule has 0 aromatic rings. The minimum absolute atomic E-state index is 0.0337. The minimum atomic E-state index is -0.197. The number of rotatable bonds is 5. The Morgan fingerprint density at radius 2 is 2.31 bits per heavy atom. The van der Waals surface area contributed by atoms with Crippen molar-refractivity contribution in [2.24, 2.45) is 5.41 Å². The van der Waals surface area contributed by atoms with Gasteiger partial charge in [-0.2, -0.15) is 0 Å². The number of hydrogen-bond donors (Lipinski definition) is 1. The molecule has 1 N–H and O–H groups in total. The molecule has 4 heteroatoms. The Balaban J connectivity index is 2.46. The van der Waals surface area contributed by atoms with Gasteiger partial charge in [0, 0.05) is 11.5 Å². The smallest absolute Gasteiger partial charge is 0.306 e. The second kappa shape index (κ2) is 3.77. The number of amides is 1. The maximum absolute atomic E-state index is 11.0. The molecule has 0 aromatic carbocycles. The van der Waals surface area contributed by atoms with Crippen LogP contribution in [0.2, 0.25) is 0 Å². The summed E-state index contributed by atoms with van der Waals surface area (Å²) in [6.45, 7) is 1.92. The summed E-state index contributed by atoms with van der Waals surface area (Å²) < 4.78 is 4.60. The molecule has 0 aliphatic heterocycles. The average molecular weight is 185 g/mol. The Bertz CT molecular complexity index is 211. The summed E-state index contributed by atoms with van der Waals surface area (Å²) in [5, 5.41) is 2.69. The normalized spacial score (nSPS) is 20.2. The van der Waals surface area contributed by atoms with E-state index in [1.54, 1.807) is 0 Å². The molecule has 0 aromatic heterocycles. The van der Waals surface area contributed by atoms with Crippen LogP contribution in [0.3, 0.4) is 0 Å². The Morgan fingerprint density at radius 1 is 1.69 bits per heavy atom. The first-order valence-electron chi connectivity index (χ1n) is 4.41. The topological polar surface area (TPSA) is 55.4 Å². The van der Waals surface area contributed by atoms with Gasteiger partial charge in [-0.3, -0.25) is 9.59 Å². The summed E-state index contributed by atoms with van der Waals surface area (Å²) in [6.07, 6.45) is 3.07. The lowest BCUT2D eigenvalue weighted by molar-refractivity contribution is -0.142. The van der Waals surface area contributed by atoms with Gasteiger partial charge < -0.3 is 10.1 Å². The molecule has 1 unspecified atom stereocenters. The maximum atomic E-state index is 11.0. The number of esters is 1. The minimum Gasteiger partial charge on any atom is -0.469 e. The van der Waals surface area contributed by atoms with Crippen molar-refractivity contribution >= 4 is 12.4 Å². The quantitative estimate of drug-likeness (QED) is 0.500. The van der Waals surface area contributed by atoms with Gasteiger partial charge in [-0.1, -0.05) is 0 Å². The summed E-state index contributed by atoms with van der Waals surface area (Å²) in [5.41, 5.74) is -0.0337. The highest BCUT2D eigenvalue weighted by atomic mass is 16.5. The van der Waals surface area contributed by atoms with E-state index in [0.29, 0.717) is 12.8 Å². The largest absolute Gasteiger partial charge is 0.469 e. The highest BCUT2D eigenvalue weighted by Gasteiger charge is 2.49. The molecule has 1 fully saturated rings. The van der Waals surface area contributed by atoms with Crippen LogP contribution >= 0.6 is 0 Å². The van der Waals surface area contributed by atoms with E-state index in [-0.39, 0.29) is 17.4 Å². The van der Waals surface area contributed by atoms with Gasteiger partial charge in [0.25, 0.3) is 0 Å². The third kappa shape index (κ3) is 2.20. The van der Waals surface area contributed by atoms with Crippen LogP contribution in [0, 0.1) is 5.41 Å². The van der Waals surface area contributed by atoms with Gasteiger partial charge in [-0.25, -0.2) is 0 Å². The molecule has 0 radical (unpaired) electrons. The number of hydrogen-bond acceptors (Lipinski definition) is 3. The molecule has 1 amide bonds. The Kier molecular flexibility index (Phi) is 2.90. The van der Waals surface area contributed by atoms with Gasteiger partial charge >= 0.3 is 5.97 Å². The predicted octanol–water partition coefficient (Wildman–Crippen LogP) is 0.464. The Morgan fingerprint density at radius 3 is 2.69 bits per heavy atom. The molecule has 0 saturated heterocycles. The van der Waals surface area contributed by atoms with Crippen LogP contribution in [0.5, 0.6) is 0 Å². The van der Waals surface area contributed by atoms with Crippen molar-refractivity contribution in [3.05, 3.63) is 0 Å². The van der Waals surface area contributed by atoms with Gasteiger partial charge in [0.05, 0.1) is 13.5 Å². The summed E-state index contributed by atoms with van der Waals surface area (Å²) in [7, 11) is 1.39. The molecule has 0 spiro atoms. The fourth-order valence-corrected chi connectivity index (χ4v) is 1.56. The average Bonchev–Trinajstić information content (AvgIpc) is 2.86. The van der Waals surface area contributed by atoms with E-state index in [4.69, 9.17) is 0 Å². The molecule has 1 rings (SSSR count). The van der Waals surface area contributed by atoms with Crippen molar-refractivity contribution in [2.75, 3.05) is 7.11 Å². The molecule has 4 nitrogen and oxygen atoms in total. The lowest BCUT2D eigenvalue weighted by Gasteiger charge is -2.21. The van der Waals surface area contributed by atoms with Crippen LogP contribution < -0.4 is 5.32 Å². The first-order chi connectivity index (χ1) is 6.14. The van der Waals surface area contributed by atoms with Gasteiger partial charge in [-0.15, -0.1) is 0 Å². The van der Waals surface area contributed by atoms with E-state index in [0.717, 1.165) is 12.8 Å². The summed E-state index contributed by atoms with van der Waals surface area (Å²) in [4.78, 5) is 21.3. The van der Waals surface area contributed by atoms with Crippen molar-refractivity contribution in [1.29, 1.82) is 0 Å². The molecule has 1 saturated carbocycles. The van der Waals surface area contributed by atoms with Gasteiger partial charge in [-0.05, 0) is 19.8 Å². The standard InChI is InChI=1S/C9H15NO3/c1-7(10-6-11)9(3-4-9)5-8(12)13-2/h6-7H,3-5H2,1-2H3,(H,10,11). The fraction of sp³-hybridized carbons (Fsp3) is 0.778. The number of ether oxygens (including phenoxy) is 1. The van der Waals surface area contributed by atoms with Crippen LogP contribution in [-0.2, 0) is 14.3 Å². The summed E-state index contributed by atoms with van der Waals surface area (Å²) in [5.74, 6) is -0.197. The molecular weight excluding hydrogens is 170 g/mol. The zero-order chi connectivity index (χ0) is 9.90. The number of carbonyl (C=O) groups is 2. The van der Waals surface area contributed by atoms with Crippen molar-refractivity contribution in [3.63, 3.8) is 0 Å². The second-order valence-corrected chi connectivity index (χ2v) is 3.62. The fourth-order valence-electron chi connectivity index (χ4n) is 1.56. The van der Waals surface area contributed by atoms with E-state index >= 15 is 0 Å². The van der Waals surface area contributed by atoms with Crippen LogP contribution in [0.25, 0.3) is 0 Å². The maximum Gasteiger partial charge on any atom is 0.306 e. The molecule has 0 bridgehead atoms. The lowest BCUT2D eigenvalue weighted by atomic mass is 9.94. The first-order valence-corrected chi connectivity index (χ1v) is 4.41. The van der Waals surface area contributed by atoms with Gasteiger partial charge in [0.15, 0.2) is 0 Å². The third-order valence-corrected chi connectivity index (χ3v) is 2.85. The van der Waals surface area contributed by atoms with Crippen molar-refractivity contribution < 1.29 is 14.3 Å². The number of carbonyl (C=O) groups excluding carboxylic acids is 2.